The Morgan fingerprint density at radius 1 is 1.38 bits per heavy atom. The molecule has 0 radical (unpaired) electrons. The summed E-state index contributed by atoms with van der Waals surface area (Å²) < 4.78 is 5.41. The molecule has 0 aliphatic heterocycles. The lowest BCUT2D eigenvalue weighted by molar-refractivity contribution is 0.0912. The number of hydrazine groups is 1. The van der Waals surface area contributed by atoms with Gasteiger partial charge >= 0.3 is 0 Å². The third-order valence-corrected chi connectivity index (χ3v) is 3.02. The molecular weight excluding hydrogens is 268 g/mol. The second-order valence-electron chi connectivity index (χ2n) is 5.19. The fourth-order valence-electron chi connectivity index (χ4n) is 1.74. The number of aromatic nitrogens is 1. The lowest BCUT2D eigenvalue weighted by atomic mass is 10.1. The minimum Gasteiger partial charge on any atom is -0.380 e. The fourth-order valence-corrected chi connectivity index (χ4v) is 1.74. The van der Waals surface area contributed by atoms with Crippen LogP contribution in [0.15, 0.2) is 12.1 Å². The van der Waals surface area contributed by atoms with Crippen LogP contribution in [0, 0.1) is 0 Å². The molecule has 0 saturated heterocycles. The van der Waals surface area contributed by atoms with Gasteiger partial charge in [0, 0.05) is 24.4 Å². The van der Waals surface area contributed by atoms with Gasteiger partial charge in [-0.25, -0.2) is 10.8 Å². The molecule has 0 bridgehead atoms. The summed E-state index contributed by atoms with van der Waals surface area (Å²) in [6.07, 6.45) is 2.15. The molecule has 1 rings (SSSR count). The summed E-state index contributed by atoms with van der Waals surface area (Å²) in [4.78, 5) is 16.4. The van der Waals surface area contributed by atoms with Crippen molar-refractivity contribution in [2.24, 2.45) is 5.84 Å². The van der Waals surface area contributed by atoms with Crippen LogP contribution < -0.4 is 16.6 Å². The van der Waals surface area contributed by atoms with Crippen molar-refractivity contribution in [2.45, 2.75) is 39.5 Å². The number of nitrogens with one attached hydrogen (secondary N) is 2. The molecule has 0 aromatic carbocycles. The van der Waals surface area contributed by atoms with E-state index in [1.807, 2.05) is 13.8 Å². The number of amides is 1. The fraction of sp³-hybridized carbons (Fsp3) is 0.600. The van der Waals surface area contributed by atoms with Crippen LogP contribution in [-0.2, 0) is 4.74 Å². The largest absolute Gasteiger partial charge is 0.380 e. The van der Waals surface area contributed by atoms with Crippen molar-refractivity contribution < 1.29 is 9.53 Å². The van der Waals surface area contributed by atoms with Gasteiger partial charge in [-0.1, -0.05) is 27.2 Å². The summed E-state index contributed by atoms with van der Waals surface area (Å²) in [5, 5.41) is 2.83. The van der Waals surface area contributed by atoms with Crippen molar-refractivity contribution in [2.75, 3.05) is 25.2 Å². The summed E-state index contributed by atoms with van der Waals surface area (Å²) in [7, 11) is 0. The van der Waals surface area contributed by atoms with Gasteiger partial charge in [-0.15, -0.1) is 0 Å². The van der Waals surface area contributed by atoms with Crippen molar-refractivity contribution in [1.29, 1.82) is 0 Å². The number of anilines is 1. The molecule has 1 heterocycles. The number of carbonyl (C=O) groups excluding carboxylic acids is 1. The van der Waals surface area contributed by atoms with Crippen LogP contribution in [-0.4, -0.2) is 30.6 Å². The molecule has 0 aliphatic carbocycles. The minimum atomic E-state index is -0.144. The van der Waals surface area contributed by atoms with Gasteiger partial charge < -0.3 is 15.5 Å². The zero-order valence-electron chi connectivity index (χ0n) is 13.1. The minimum absolute atomic E-state index is 0.144. The van der Waals surface area contributed by atoms with Crippen LogP contribution in [0.2, 0.25) is 0 Å². The van der Waals surface area contributed by atoms with E-state index in [-0.39, 0.29) is 11.8 Å². The molecule has 0 spiro atoms. The van der Waals surface area contributed by atoms with Crippen LogP contribution in [0.3, 0.4) is 0 Å². The van der Waals surface area contributed by atoms with Crippen LogP contribution in [0.1, 0.15) is 55.6 Å². The van der Waals surface area contributed by atoms with E-state index >= 15 is 0 Å². The number of carbonyl (C=O) groups is 1. The Balaban J connectivity index is 2.55. The molecular formula is C15H26N4O2. The standard InChI is InChI=1S/C15H26N4O2/c1-4-5-7-21-8-6-17-15(20)12-9-13(11(2)3)18-14(10-12)19-16/h9-11H,4-8,16H2,1-3H3,(H,17,20)(H,18,19). The molecule has 0 saturated carbocycles. The second-order valence-corrected chi connectivity index (χ2v) is 5.19. The summed E-state index contributed by atoms with van der Waals surface area (Å²) in [6.45, 7) is 7.91. The Morgan fingerprint density at radius 3 is 2.76 bits per heavy atom. The monoisotopic (exact) mass is 294 g/mol. The number of unbranched alkanes of at least 4 members (excludes halogenated alkanes) is 1. The molecule has 0 aliphatic rings. The number of nitrogen functional groups attached to an aromatic ring is 1. The molecule has 6 heteroatoms. The Morgan fingerprint density at radius 2 is 2.14 bits per heavy atom. The average Bonchev–Trinajstić information content (AvgIpc) is 2.49. The number of hydrogen-bond acceptors (Lipinski definition) is 5. The molecule has 21 heavy (non-hydrogen) atoms. The van der Waals surface area contributed by atoms with E-state index in [1.54, 1.807) is 12.1 Å². The van der Waals surface area contributed by atoms with Crippen LogP contribution in [0.5, 0.6) is 0 Å². The van der Waals surface area contributed by atoms with Gasteiger partial charge in [-0.05, 0) is 24.5 Å². The first-order valence-corrected chi connectivity index (χ1v) is 7.43. The van der Waals surface area contributed by atoms with Crippen LogP contribution in [0.4, 0.5) is 5.82 Å². The van der Waals surface area contributed by atoms with Gasteiger partial charge in [0.25, 0.3) is 5.91 Å². The van der Waals surface area contributed by atoms with E-state index in [0.717, 1.165) is 25.1 Å². The normalized spacial score (nSPS) is 10.7. The van der Waals surface area contributed by atoms with Gasteiger partial charge in [-0.3, -0.25) is 4.79 Å². The zero-order valence-corrected chi connectivity index (χ0v) is 13.1. The number of hydrogen-bond donors (Lipinski definition) is 3. The molecule has 1 aromatic rings. The highest BCUT2D eigenvalue weighted by Gasteiger charge is 2.11. The van der Waals surface area contributed by atoms with E-state index in [4.69, 9.17) is 10.6 Å². The molecule has 118 valence electrons. The summed E-state index contributed by atoms with van der Waals surface area (Å²) in [6, 6.07) is 3.43. The first kappa shape index (κ1) is 17.4. The van der Waals surface area contributed by atoms with Crippen molar-refractivity contribution >= 4 is 11.7 Å². The molecule has 0 fully saturated rings. The predicted molar refractivity (Wildman–Crippen MR) is 84.2 cm³/mol. The Bertz CT molecular complexity index is 449. The number of ether oxygens (including phenoxy) is 1. The highest BCUT2D eigenvalue weighted by Crippen LogP contribution is 2.17. The molecule has 1 aromatic heterocycles. The maximum atomic E-state index is 12.1. The quantitative estimate of drug-likeness (QED) is 0.368. The maximum Gasteiger partial charge on any atom is 0.251 e. The highest BCUT2D eigenvalue weighted by molar-refractivity contribution is 5.95. The summed E-state index contributed by atoms with van der Waals surface area (Å²) in [5.41, 5.74) is 3.87. The zero-order chi connectivity index (χ0) is 15.7. The number of nitrogens with two attached hydrogens (primary N) is 1. The second kappa shape index (κ2) is 9.31. The lowest BCUT2D eigenvalue weighted by Gasteiger charge is -2.11. The molecule has 0 atom stereocenters. The summed E-state index contributed by atoms with van der Waals surface area (Å²) in [5.74, 6) is 5.96. The van der Waals surface area contributed by atoms with E-state index in [2.05, 4.69) is 22.7 Å². The van der Waals surface area contributed by atoms with E-state index in [0.29, 0.717) is 24.5 Å². The third-order valence-electron chi connectivity index (χ3n) is 3.02. The Hall–Kier alpha value is -1.66. The van der Waals surface area contributed by atoms with Gasteiger partial charge in [-0.2, -0.15) is 0 Å². The van der Waals surface area contributed by atoms with Gasteiger partial charge in [0.15, 0.2) is 0 Å². The Labute approximate surface area is 126 Å². The Kier molecular flexibility index (Phi) is 7.71. The van der Waals surface area contributed by atoms with Crippen molar-refractivity contribution in [1.82, 2.24) is 10.3 Å². The number of rotatable bonds is 9. The predicted octanol–water partition coefficient (Wildman–Crippen LogP) is 2.04. The van der Waals surface area contributed by atoms with Crippen molar-refractivity contribution in [3.63, 3.8) is 0 Å². The third kappa shape index (κ3) is 6.10. The average molecular weight is 294 g/mol. The van der Waals surface area contributed by atoms with Gasteiger partial charge in [0.05, 0.1) is 6.61 Å². The van der Waals surface area contributed by atoms with Crippen LogP contribution in [0.25, 0.3) is 0 Å². The molecule has 6 nitrogen and oxygen atoms in total. The smallest absolute Gasteiger partial charge is 0.251 e. The van der Waals surface area contributed by atoms with E-state index in [1.165, 1.54) is 0 Å². The first-order valence-electron chi connectivity index (χ1n) is 7.43. The number of pyridine rings is 1. The highest BCUT2D eigenvalue weighted by atomic mass is 16.5. The topological polar surface area (TPSA) is 89.3 Å². The van der Waals surface area contributed by atoms with Gasteiger partial charge in [0.1, 0.15) is 5.82 Å². The molecule has 1 amide bonds. The van der Waals surface area contributed by atoms with E-state index < -0.39 is 0 Å². The molecule has 0 unspecified atom stereocenters. The summed E-state index contributed by atoms with van der Waals surface area (Å²) >= 11 is 0. The van der Waals surface area contributed by atoms with Gasteiger partial charge in [0.2, 0.25) is 0 Å². The first-order chi connectivity index (χ1) is 10.1. The van der Waals surface area contributed by atoms with Crippen molar-refractivity contribution in [3.8, 4) is 0 Å². The lowest BCUT2D eigenvalue weighted by Crippen LogP contribution is -2.28. The molecule has 4 N–H and O–H groups in total. The number of nitrogens with zero attached hydrogens (tertiary/aromatic N) is 1. The maximum absolute atomic E-state index is 12.1. The van der Waals surface area contributed by atoms with E-state index in [9.17, 15) is 4.79 Å². The SMILES string of the molecule is CCCCOCCNC(=O)c1cc(NN)nc(C(C)C)c1. The van der Waals surface area contributed by atoms with Crippen molar-refractivity contribution in [3.05, 3.63) is 23.4 Å². The van der Waals surface area contributed by atoms with Crippen LogP contribution >= 0.6 is 0 Å².